The molecule has 0 bridgehead atoms. The van der Waals surface area contributed by atoms with E-state index in [0.717, 1.165) is 11.3 Å². The number of hydrogen-bond donors (Lipinski definition) is 1. The summed E-state index contributed by atoms with van der Waals surface area (Å²) in [7, 11) is 0. The fraction of sp³-hybridized carbons (Fsp3) is 0.182. The van der Waals surface area contributed by atoms with Crippen molar-refractivity contribution >= 4 is 5.69 Å². The highest BCUT2D eigenvalue weighted by Gasteiger charge is 2.05. The van der Waals surface area contributed by atoms with Gasteiger partial charge in [0.15, 0.2) is 0 Å². The second kappa shape index (κ2) is 4.04. The summed E-state index contributed by atoms with van der Waals surface area (Å²) in [5.74, 6) is 1.20. The van der Waals surface area contributed by atoms with Gasteiger partial charge >= 0.3 is 0 Å². The van der Waals surface area contributed by atoms with Gasteiger partial charge < -0.3 is 14.9 Å². The summed E-state index contributed by atoms with van der Waals surface area (Å²) in [6.07, 6.45) is 3.27. The number of pyridine rings is 1. The molecule has 0 spiro atoms. The van der Waals surface area contributed by atoms with E-state index < -0.39 is 0 Å². The molecule has 0 amide bonds. The van der Waals surface area contributed by atoms with Gasteiger partial charge in [-0.15, -0.1) is 0 Å². The van der Waals surface area contributed by atoms with Gasteiger partial charge in [0.1, 0.15) is 12.4 Å². The van der Waals surface area contributed by atoms with Crippen LogP contribution in [0.25, 0.3) is 0 Å². The van der Waals surface area contributed by atoms with Crippen LogP contribution in [0.15, 0.2) is 35.1 Å². The molecular weight excluding hydrogens is 192 g/mol. The second-order valence-electron chi connectivity index (χ2n) is 3.21. The largest absolute Gasteiger partial charge is 0.468 e. The van der Waals surface area contributed by atoms with E-state index >= 15 is 0 Å². The summed E-state index contributed by atoms with van der Waals surface area (Å²) in [5.41, 5.74) is 7.33. The van der Waals surface area contributed by atoms with E-state index in [4.69, 9.17) is 14.9 Å². The third-order valence-electron chi connectivity index (χ3n) is 2.10. The molecule has 0 fully saturated rings. The molecule has 0 unspecified atom stereocenters. The monoisotopic (exact) mass is 204 g/mol. The number of nitrogens with zero attached hydrogens (tertiary/aromatic N) is 1. The molecule has 2 rings (SSSR count). The Balaban J connectivity index is 2.08. The van der Waals surface area contributed by atoms with E-state index in [-0.39, 0.29) is 0 Å². The second-order valence-corrected chi connectivity index (χ2v) is 3.21. The van der Waals surface area contributed by atoms with Gasteiger partial charge in [-0.05, 0) is 30.7 Å². The summed E-state index contributed by atoms with van der Waals surface area (Å²) >= 11 is 0. The number of furan rings is 1. The van der Waals surface area contributed by atoms with Crippen molar-refractivity contribution in [3.8, 4) is 5.88 Å². The lowest BCUT2D eigenvalue weighted by atomic mass is 10.2. The molecule has 15 heavy (non-hydrogen) atoms. The van der Waals surface area contributed by atoms with Crippen LogP contribution in [-0.4, -0.2) is 4.98 Å². The van der Waals surface area contributed by atoms with Crippen LogP contribution in [0.3, 0.4) is 0 Å². The van der Waals surface area contributed by atoms with Crippen LogP contribution in [0.5, 0.6) is 5.88 Å². The Morgan fingerprint density at radius 1 is 1.47 bits per heavy atom. The van der Waals surface area contributed by atoms with E-state index in [1.807, 2.05) is 25.1 Å². The van der Waals surface area contributed by atoms with Crippen molar-refractivity contribution in [1.29, 1.82) is 0 Å². The number of ether oxygens (including phenoxy) is 1. The van der Waals surface area contributed by atoms with Gasteiger partial charge in [0, 0.05) is 6.20 Å². The van der Waals surface area contributed by atoms with E-state index in [9.17, 15) is 0 Å². The molecule has 0 radical (unpaired) electrons. The first-order valence-electron chi connectivity index (χ1n) is 4.63. The fourth-order valence-corrected chi connectivity index (χ4v) is 1.19. The van der Waals surface area contributed by atoms with Gasteiger partial charge in [-0.2, -0.15) is 0 Å². The summed E-state index contributed by atoms with van der Waals surface area (Å²) < 4.78 is 10.6. The van der Waals surface area contributed by atoms with E-state index in [1.54, 1.807) is 12.5 Å². The van der Waals surface area contributed by atoms with Crippen molar-refractivity contribution in [1.82, 2.24) is 4.98 Å². The Hall–Kier alpha value is -1.97. The maximum absolute atomic E-state index is 5.80. The number of aryl methyl sites for hydroxylation is 1. The molecule has 0 aliphatic carbocycles. The molecule has 2 N–H and O–H groups in total. The zero-order valence-corrected chi connectivity index (χ0v) is 8.43. The molecule has 0 aromatic carbocycles. The minimum absolute atomic E-state index is 0.341. The van der Waals surface area contributed by atoms with Crippen LogP contribution in [0.4, 0.5) is 5.69 Å². The van der Waals surface area contributed by atoms with Gasteiger partial charge in [-0.25, -0.2) is 4.98 Å². The summed E-state index contributed by atoms with van der Waals surface area (Å²) in [6, 6.07) is 5.49. The summed E-state index contributed by atoms with van der Waals surface area (Å²) in [4.78, 5) is 4.05. The maximum atomic E-state index is 5.80. The van der Waals surface area contributed by atoms with Crippen molar-refractivity contribution < 1.29 is 9.15 Å². The maximum Gasteiger partial charge on any atom is 0.237 e. The number of anilines is 1. The van der Waals surface area contributed by atoms with Gasteiger partial charge in [0.2, 0.25) is 5.88 Å². The molecule has 2 heterocycles. The lowest BCUT2D eigenvalue weighted by molar-refractivity contribution is 0.262. The first kappa shape index (κ1) is 9.58. The predicted molar refractivity (Wildman–Crippen MR) is 56.4 cm³/mol. The third-order valence-corrected chi connectivity index (χ3v) is 2.10. The highest BCUT2D eigenvalue weighted by Crippen LogP contribution is 2.22. The predicted octanol–water partition coefficient (Wildman–Crippen LogP) is 2.14. The molecular formula is C11H12N2O2. The Morgan fingerprint density at radius 2 is 2.33 bits per heavy atom. The molecule has 2 aromatic heterocycles. The van der Waals surface area contributed by atoms with Crippen molar-refractivity contribution in [3.05, 3.63) is 42.0 Å². The van der Waals surface area contributed by atoms with E-state index in [2.05, 4.69) is 4.98 Å². The first-order valence-corrected chi connectivity index (χ1v) is 4.63. The Labute approximate surface area is 87.7 Å². The zero-order valence-electron chi connectivity index (χ0n) is 8.43. The zero-order chi connectivity index (χ0) is 10.7. The Morgan fingerprint density at radius 3 is 3.07 bits per heavy atom. The van der Waals surface area contributed by atoms with Crippen LogP contribution >= 0.6 is 0 Å². The summed E-state index contributed by atoms with van der Waals surface area (Å²) in [6.45, 7) is 2.25. The molecule has 4 heteroatoms. The SMILES string of the molecule is Cc1ccnc(OCc2ccco2)c1N. The van der Waals surface area contributed by atoms with E-state index in [1.165, 1.54) is 0 Å². The van der Waals surface area contributed by atoms with Crippen molar-refractivity contribution in [2.24, 2.45) is 0 Å². The molecule has 0 aliphatic heterocycles. The fourth-order valence-electron chi connectivity index (χ4n) is 1.19. The molecule has 4 nitrogen and oxygen atoms in total. The van der Waals surface area contributed by atoms with Crippen LogP contribution < -0.4 is 10.5 Å². The molecule has 0 saturated heterocycles. The van der Waals surface area contributed by atoms with Crippen molar-refractivity contribution in [2.75, 3.05) is 5.73 Å². The van der Waals surface area contributed by atoms with Crippen molar-refractivity contribution in [2.45, 2.75) is 13.5 Å². The minimum Gasteiger partial charge on any atom is -0.468 e. The normalized spacial score (nSPS) is 10.2. The standard InChI is InChI=1S/C11H12N2O2/c1-8-4-5-13-11(10(8)12)15-7-9-3-2-6-14-9/h2-6H,7,12H2,1H3. The van der Waals surface area contributed by atoms with Crippen molar-refractivity contribution in [3.63, 3.8) is 0 Å². The highest BCUT2D eigenvalue weighted by atomic mass is 16.5. The van der Waals surface area contributed by atoms with Crippen LogP contribution in [0.1, 0.15) is 11.3 Å². The Bertz CT molecular complexity index is 438. The lowest BCUT2D eigenvalue weighted by Gasteiger charge is -2.07. The average Bonchev–Trinajstić information content (AvgIpc) is 2.73. The number of rotatable bonds is 3. The molecule has 0 saturated carbocycles. The number of nitrogens with two attached hydrogens (primary N) is 1. The van der Waals surface area contributed by atoms with Crippen LogP contribution in [0, 0.1) is 6.92 Å². The Kier molecular flexibility index (Phi) is 2.58. The average molecular weight is 204 g/mol. The van der Waals surface area contributed by atoms with Crippen LogP contribution in [0.2, 0.25) is 0 Å². The topological polar surface area (TPSA) is 61.3 Å². The highest BCUT2D eigenvalue weighted by molar-refractivity contribution is 5.53. The smallest absolute Gasteiger partial charge is 0.237 e. The molecule has 0 aliphatic rings. The molecule has 78 valence electrons. The van der Waals surface area contributed by atoms with Gasteiger partial charge in [-0.3, -0.25) is 0 Å². The van der Waals surface area contributed by atoms with E-state index in [0.29, 0.717) is 18.2 Å². The summed E-state index contributed by atoms with van der Waals surface area (Å²) in [5, 5.41) is 0. The number of nitrogen functional groups attached to an aromatic ring is 1. The molecule has 0 atom stereocenters. The minimum atomic E-state index is 0.341. The number of hydrogen-bond acceptors (Lipinski definition) is 4. The van der Waals surface area contributed by atoms with Gasteiger partial charge in [0.25, 0.3) is 0 Å². The lowest BCUT2D eigenvalue weighted by Crippen LogP contribution is -2.01. The third kappa shape index (κ3) is 2.10. The van der Waals surface area contributed by atoms with Crippen LogP contribution in [-0.2, 0) is 6.61 Å². The van der Waals surface area contributed by atoms with Gasteiger partial charge in [0.05, 0.1) is 12.0 Å². The number of aromatic nitrogens is 1. The molecule has 2 aromatic rings. The van der Waals surface area contributed by atoms with Gasteiger partial charge in [-0.1, -0.05) is 0 Å². The quantitative estimate of drug-likeness (QED) is 0.832. The first-order chi connectivity index (χ1) is 7.27.